The third-order valence-corrected chi connectivity index (χ3v) is 6.45. The van der Waals surface area contributed by atoms with Gasteiger partial charge in [0.05, 0.1) is 0 Å². The molecule has 1 amide bonds. The lowest BCUT2D eigenvalue weighted by molar-refractivity contribution is 0.102. The third kappa shape index (κ3) is 5.53. The normalized spacial score (nSPS) is 19.8. The van der Waals surface area contributed by atoms with E-state index in [0.717, 1.165) is 35.7 Å². The van der Waals surface area contributed by atoms with Crippen LogP contribution in [-0.2, 0) is 0 Å². The van der Waals surface area contributed by atoms with E-state index in [4.69, 9.17) is 4.74 Å². The number of hydrogen-bond acceptors (Lipinski definition) is 5. The number of benzene rings is 2. The van der Waals surface area contributed by atoms with Crippen molar-refractivity contribution in [2.45, 2.75) is 31.7 Å². The van der Waals surface area contributed by atoms with Crippen molar-refractivity contribution in [3.8, 4) is 5.75 Å². The summed E-state index contributed by atoms with van der Waals surface area (Å²) in [6.45, 7) is 4.01. The third-order valence-electron chi connectivity index (χ3n) is 5.56. The average Bonchev–Trinajstić information content (AvgIpc) is 3.30. The second-order valence-corrected chi connectivity index (χ2v) is 8.56. The van der Waals surface area contributed by atoms with Crippen molar-refractivity contribution in [3.05, 3.63) is 59.7 Å². The van der Waals surface area contributed by atoms with Crippen LogP contribution in [0.2, 0.25) is 0 Å². The van der Waals surface area contributed by atoms with Crippen molar-refractivity contribution >= 4 is 23.5 Å². The van der Waals surface area contributed by atoms with Crippen molar-refractivity contribution in [1.29, 1.82) is 0 Å². The highest BCUT2D eigenvalue weighted by Crippen LogP contribution is 2.32. The number of rotatable bonds is 7. The van der Waals surface area contributed by atoms with E-state index in [0.29, 0.717) is 12.2 Å². The molecule has 2 aromatic rings. The molecular weight excluding hydrogens is 382 g/mol. The van der Waals surface area contributed by atoms with Gasteiger partial charge in [-0.2, -0.15) is 0 Å². The minimum Gasteiger partial charge on any atom is -0.492 e. The maximum absolute atomic E-state index is 12.7. The summed E-state index contributed by atoms with van der Waals surface area (Å²) in [4.78, 5) is 15.2. The van der Waals surface area contributed by atoms with Crippen molar-refractivity contribution in [1.82, 2.24) is 9.62 Å². The van der Waals surface area contributed by atoms with Gasteiger partial charge in [-0.15, -0.1) is 0 Å². The van der Waals surface area contributed by atoms with Gasteiger partial charge < -0.3 is 10.1 Å². The van der Waals surface area contributed by atoms with Crippen LogP contribution in [0.3, 0.4) is 0 Å². The van der Waals surface area contributed by atoms with Gasteiger partial charge in [-0.25, -0.2) is 0 Å². The quantitative estimate of drug-likeness (QED) is 0.658. The van der Waals surface area contributed by atoms with Gasteiger partial charge in [0.15, 0.2) is 0 Å². The van der Waals surface area contributed by atoms with Gasteiger partial charge in [0.1, 0.15) is 12.4 Å². The number of nitrogens with one attached hydrogen (secondary N) is 2. The summed E-state index contributed by atoms with van der Waals surface area (Å²) in [5.74, 6) is 1.81. The maximum Gasteiger partial charge on any atom is 0.255 e. The topological polar surface area (TPSA) is 53.6 Å². The summed E-state index contributed by atoms with van der Waals surface area (Å²) in [5, 5.41) is 3.07. The molecule has 5 nitrogen and oxygen atoms in total. The number of ether oxygens (including phenoxy) is 1. The molecule has 6 heteroatoms. The Morgan fingerprint density at radius 1 is 1.10 bits per heavy atom. The van der Waals surface area contributed by atoms with Gasteiger partial charge in [-0.05, 0) is 68.2 Å². The standard InChI is InChI=1S/C23H29N3O2S/c27-23(24-21-7-3-2-6-20(21)22-12-17-29-25-22)18-8-10-19(11-9-18)28-16-15-26-13-4-1-5-14-26/h2-3,6-11,22,25H,1,4-5,12-17H2,(H,24,27). The molecule has 2 aliphatic heterocycles. The van der Waals surface area contributed by atoms with Crippen molar-refractivity contribution in [2.75, 3.05) is 37.3 Å². The minimum absolute atomic E-state index is 0.0945. The monoisotopic (exact) mass is 411 g/mol. The molecule has 2 saturated heterocycles. The van der Waals surface area contributed by atoms with Crippen molar-refractivity contribution in [3.63, 3.8) is 0 Å². The van der Waals surface area contributed by atoms with Gasteiger partial charge in [-0.3, -0.25) is 14.4 Å². The van der Waals surface area contributed by atoms with Gasteiger partial charge in [0.2, 0.25) is 0 Å². The number of nitrogens with zero attached hydrogens (tertiary/aromatic N) is 1. The minimum atomic E-state index is -0.0945. The Morgan fingerprint density at radius 3 is 2.66 bits per heavy atom. The van der Waals surface area contributed by atoms with Gasteiger partial charge in [0, 0.05) is 29.6 Å². The van der Waals surface area contributed by atoms with Crippen LogP contribution in [0.25, 0.3) is 0 Å². The number of anilines is 1. The first-order valence-electron chi connectivity index (χ1n) is 10.5. The Labute approximate surface area is 177 Å². The summed E-state index contributed by atoms with van der Waals surface area (Å²) in [5.41, 5.74) is 2.65. The number of piperidine rings is 1. The molecule has 2 fully saturated rings. The molecule has 2 aromatic carbocycles. The SMILES string of the molecule is O=C(Nc1ccccc1C1CCSN1)c1ccc(OCCN2CCCCC2)cc1. The maximum atomic E-state index is 12.7. The molecule has 0 spiro atoms. The highest BCUT2D eigenvalue weighted by atomic mass is 32.2. The van der Waals surface area contributed by atoms with E-state index in [9.17, 15) is 4.79 Å². The largest absolute Gasteiger partial charge is 0.492 e. The Bertz CT molecular complexity index is 800. The lowest BCUT2D eigenvalue weighted by atomic mass is 10.0. The van der Waals surface area contributed by atoms with Crippen LogP contribution in [0.4, 0.5) is 5.69 Å². The smallest absolute Gasteiger partial charge is 0.255 e. The Balaban J connectivity index is 1.31. The number of para-hydroxylation sites is 1. The number of carbonyl (C=O) groups excluding carboxylic acids is 1. The predicted octanol–water partition coefficient (Wildman–Crippen LogP) is 4.49. The lowest BCUT2D eigenvalue weighted by Crippen LogP contribution is -2.33. The number of hydrogen-bond donors (Lipinski definition) is 2. The Hall–Kier alpha value is -2.02. The van der Waals surface area contributed by atoms with Gasteiger partial charge >= 0.3 is 0 Å². The molecule has 0 bridgehead atoms. The zero-order valence-corrected chi connectivity index (χ0v) is 17.5. The Morgan fingerprint density at radius 2 is 1.90 bits per heavy atom. The van der Waals surface area contributed by atoms with Crippen LogP contribution in [0.5, 0.6) is 5.75 Å². The summed E-state index contributed by atoms with van der Waals surface area (Å²) in [6.07, 6.45) is 5.01. The highest BCUT2D eigenvalue weighted by molar-refractivity contribution is 7.97. The highest BCUT2D eigenvalue weighted by Gasteiger charge is 2.20. The molecule has 0 saturated carbocycles. The molecule has 4 rings (SSSR count). The zero-order chi connectivity index (χ0) is 19.9. The second kappa shape index (κ2) is 10.1. The molecule has 1 atom stereocenters. The molecule has 2 aliphatic rings. The molecule has 29 heavy (non-hydrogen) atoms. The Kier molecular flexibility index (Phi) is 7.09. The van der Waals surface area contributed by atoms with Crippen molar-refractivity contribution in [2.24, 2.45) is 0 Å². The van der Waals surface area contributed by atoms with E-state index in [1.807, 2.05) is 42.5 Å². The fourth-order valence-electron chi connectivity index (χ4n) is 3.90. The summed E-state index contributed by atoms with van der Waals surface area (Å²) < 4.78 is 9.29. The predicted molar refractivity (Wildman–Crippen MR) is 120 cm³/mol. The van der Waals surface area contributed by atoms with Gasteiger partial charge in [-0.1, -0.05) is 36.6 Å². The molecule has 2 heterocycles. The first-order chi connectivity index (χ1) is 14.3. The van der Waals surface area contributed by atoms with E-state index in [2.05, 4.69) is 21.0 Å². The van der Waals surface area contributed by atoms with Crippen LogP contribution in [0.15, 0.2) is 48.5 Å². The summed E-state index contributed by atoms with van der Waals surface area (Å²) in [7, 11) is 0. The molecule has 0 radical (unpaired) electrons. The van der Waals surface area contributed by atoms with E-state index in [1.54, 1.807) is 11.9 Å². The van der Waals surface area contributed by atoms with E-state index < -0.39 is 0 Å². The lowest BCUT2D eigenvalue weighted by Gasteiger charge is -2.26. The van der Waals surface area contributed by atoms with Crippen LogP contribution >= 0.6 is 11.9 Å². The number of likely N-dealkylation sites (tertiary alicyclic amines) is 1. The summed E-state index contributed by atoms with van der Waals surface area (Å²) >= 11 is 1.74. The van der Waals surface area contributed by atoms with Gasteiger partial charge in [0.25, 0.3) is 5.91 Å². The van der Waals surface area contributed by atoms with E-state index in [1.165, 1.54) is 32.4 Å². The van der Waals surface area contributed by atoms with Crippen molar-refractivity contribution < 1.29 is 9.53 Å². The fraction of sp³-hybridized carbons (Fsp3) is 0.435. The van der Waals surface area contributed by atoms with Crippen LogP contribution in [0.1, 0.15) is 47.6 Å². The van der Waals surface area contributed by atoms with Crippen LogP contribution < -0.4 is 14.8 Å². The molecule has 154 valence electrons. The zero-order valence-electron chi connectivity index (χ0n) is 16.7. The van der Waals surface area contributed by atoms with Crippen LogP contribution in [-0.4, -0.2) is 42.8 Å². The van der Waals surface area contributed by atoms with Crippen LogP contribution in [0, 0.1) is 0 Å². The average molecular weight is 412 g/mol. The molecule has 0 aliphatic carbocycles. The van der Waals surface area contributed by atoms with E-state index in [-0.39, 0.29) is 11.9 Å². The number of carbonyl (C=O) groups is 1. The molecular formula is C23H29N3O2S. The molecule has 1 unspecified atom stereocenters. The first-order valence-corrected chi connectivity index (χ1v) is 11.5. The molecule has 0 aromatic heterocycles. The summed E-state index contributed by atoms with van der Waals surface area (Å²) in [6, 6.07) is 15.7. The molecule has 2 N–H and O–H groups in total. The first kappa shape index (κ1) is 20.3. The number of amides is 1. The van der Waals surface area contributed by atoms with E-state index >= 15 is 0 Å². The fourth-order valence-corrected chi connectivity index (χ4v) is 4.82. The second-order valence-electron chi connectivity index (χ2n) is 7.62.